The van der Waals surface area contributed by atoms with Crippen molar-refractivity contribution in [2.45, 2.75) is 70.6 Å². The fourth-order valence-electron chi connectivity index (χ4n) is 2.48. The number of hydrogen-bond acceptors (Lipinski definition) is 7. The highest BCUT2D eigenvalue weighted by molar-refractivity contribution is 5.95. The lowest BCUT2D eigenvalue weighted by atomic mass is 10.0. The summed E-state index contributed by atoms with van der Waals surface area (Å²) >= 11 is 0. The minimum atomic E-state index is -1.62. The van der Waals surface area contributed by atoms with Gasteiger partial charge in [0.25, 0.3) is 0 Å². The van der Waals surface area contributed by atoms with Crippen molar-refractivity contribution in [3.63, 3.8) is 0 Å². The van der Waals surface area contributed by atoms with Crippen molar-refractivity contribution in [3.8, 4) is 0 Å². The summed E-state index contributed by atoms with van der Waals surface area (Å²) in [5.74, 6) is -6.22. The molecule has 9 N–H and O–H groups in total. The molecular weight excluding hydrogens is 414 g/mol. The Morgan fingerprint density at radius 3 is 1.71 bits per heavy atom. The van der Waals surface area contributed by atoms with Crippen molar-refractivity contribution in [1.29, 1.82) is 0 Å². The molecule has 4 atom stereocenters. The van der Waals surface area contributed by atoms with Crippen LogP contribution in [0.1, 0.15) is 46.5 Å². The summed E-state index contributed by atoms with van der Waals surface area (Å²) in [5.41, 5.74) is 10.5. The number of carbonyl (C=O) groups is 6. The number of nitrogens with one attached hydrogen (secondary N) is 3. The second kappa shape index (κ2) is 13.2. The number of carboxylic acid groups (broad SMARTS) is 2. The number of aliphatic carboxylic acids is 2. The quantitative estimate of drug-likeness (QED) is 0.151. The lowest BCUT2D eigenvalue weighted by Crippen LogP contribution is -2.57. The molecule has 4 unspecified atom stereocenters. The van der Waals surface area contributed by atoms with Crippen molar-refractivity contribution < 1.29 is 39.0 Å². The van der Waals surface area contributed by atoms with Gasteiger partial charge in [-0.15, -0.1) is 0 Å². The molecule has 0 aromatic rings. The van der Waals surface area contributed by atoms with Gasteiger partial charge in [0.1, 0.15) is 18.1 Å². The number of nitrogens with two attached hydrogens (primary N) is 2. The first-order valence-electron chi connectivity index (χ1n) is 9.64. The van der Waals surface area contributed by atoms with Crippen LogP contribution in [0.3, 0.4) is 0 Å². The van der Waals surface area contributed by atoms with Crippen molar-refractivity contribution in [1.82, 2.24) is 16.0 Å². The maximum atomic E-state index is 12.7. The van der Waals surface area contributed by atoms with Gasteiger partial charge in [-0.05, 0) is 25.7 Å². The first kappa shape index (κ1) is 27.8. The van der Waals surface area contributed by atoms with Crippen molar-refractivity contribution >= 4 is 35.6 Å². The Bertz CT molecular complexity index is 694. The zero-order valence-electron chi connectivity index (χ0n) is 17.7. The van der Waals surface area contributed by atoms with Gasteiger partial charge in [-0.1, -0.05) is 13.8 Å². The second-order valence-electron chi connectivity index (χ2n) is 7.54. The van der Waals surface area contributed by atoms with Crippen LogP contribution in [0.25, 0.3) is 0 Å². The predicted octanol–water partition coefficient (Wildman–Crippen LogP) is -2.34. The van der Waals surface area contributed by atoms with Gasteiger partial charge in [-0.25, -0.2) is 4.79 Å². The molecule has 0 fully saturated rings. The number of carbonyl (C=O) groups excluding carboxylic acids is 4. The largest absolute Gasteiger partial charge is 0.481 e. The van der Waals surface area contributed by atoms with Crippen LogP contribution < -0.4 is 27.4 Å². The molecule has 0 aliphatic rings. The van der Waals surface area contributed by atoms with E-state index in [-0.39, 0.29) is 25.2 Å². The third-order valence-corrected chi connectivity index (χ3v) is 4.06. The van der Waals surface area contributed by atoms with Gasteiger partial charge >= 0.3 is 11.9 Å². The number of rotatable bonds is 14. The average Bonchev–Trinajstić information content (AvgIpc) is 2.62. The molecule has 13 heteroatoms. The maximum Gasteiger partial charge on any atom is 0.326 e. The summed E-state index contributed by atoms with van der Waals surface area (Å²) in [4.78, 5) is 70.3. The third kappa shape index (κ3) is 11.5. The van der Waals surface area contributed by atoms with Crippen LogP contribution in [0.5, 0.6) is 0 Å². The van der Waals surface area contributed by atoms with Crippen LogP contribution in [0.2, 0.25) is 0 Å². The molecule has 0 spiro atoms. The molecule has 0 aliphatic heterocycles. The Labute approximate surface area is 179 Å². The van der Waals surface area contributed by atoms with E-state index in [0.29, 0.717) is 0 Å². The highest BCUT2D eigenvalue weighted by Gasteiger charge is 2.31. The van der Waals surface area contributed by atoms with Crippen LogP contribution in [-0.4, -0.2) is 69.9 Å². The molecule has 0 aliphatic carbocycles. The van der Waals surface area contributed by atoms with Crippen molar-refractivity contribution in [2.24, 2.45) is 17.4 Å². The van der Waals surface area contributed by atoms with Crippen molar-refractivity contribution in [2.75, 3.05) is 0 Å². The van der Waals surface area contributed by atoms with E-state index in [1.807, 2.05) is 0 Å². The summed E-state index contributed by atoms with van der Waals surface area (Å²) in [6, 6.07) is -5.13. The van der Waals surface area contributed by atoms with E-state index in [0.717, 1.165) is 0 Å². The Kier molecular flexibility index (Phi) is 11.8. The number of hydrogen-bond donors (Lipinski definition) is 7. The lowest BCUT2D eigenvalue weighted by molar-refractivity contribution is -0.143. The molecule has 0 bridgehead atoms. The summed E-state index contributed by atoms with van der Waals surface area (Å²) in [5, 5.41) is 25.0. The molecule has 0 saturated heterocycles. The maximum absolute atomic E-state index is 12.7. The monoisotopic (exact) mass is 445 g/mol. The molecule has 0 rings (SSSR count). The third-order valence-electron chi connectivity index (χ3n) is 4.06. The summed E-state index contributed by atoms with van der Waals surface area (Å²) < 4.78 is 0. The standard InChI is InChI=1S/C18H31N5O8/c1-8(2)6-11(22-15(27)9(3)19)16(28)23-12(7-14(25)26)17(29)21-10(18(30)31)4-5-13(20)24/h8-12H,4-7,19H2,1-3H3,(H2,20,24)(H,21,29)(H,22,27)(H,23,28)(H,25,26)(H,30,31). The molecule has 0 heterocycles. The molecule has 4 amide bonds. The van der Waals surface area contributed by atoms with Gasteiger partial charge in [0.2, 0.25) is 23.6 Å². The van der Waals surface area contributed by atoms with Gasteiger partial charge in [0, 0.05) is 6.42 Å². The molecule has 176 valence electrons. The number of primary amides is 1. The minimum absolute atomic E-state index is 0.0407. The van der Waals surface area contributed by atoms with Gasteiger partial charge in [-0.3, -0.25) is 24.0 Å². The van der Waals surface area contributed by atoms with E-state index in [2.05, 4.69) is 16.0 Å². The minimum Gasteiger partial charge on any atom is -0.481 e. The van der Waals surface area contributed by atoms with E-state index in [1.165, 1.54) is 6.92 Å². The molecule has 0 saturated carbocycles. The predicted molar refractivity (Wildman–Crippen MR) is 107 cm³/mol. The van der Waals surface area contributed by atoms with Crippen LogP contribution in [0, 0.1) is 5.92 Å². The Balaban J connectivity index is 5.45. The van der Waals surface area contributed by atoms with Crippen LogP contribution in [0.15, 0.2) is 0 Å². The molecule has 0 aromatic carbocycles. The topological polar surface area (TPSA) is 231 Å². The van der Waals surface area contributed by atoms with Crippen LogP contribution in [0.4, 0.5) is 0 Å². The molecule has 0 radical (unpaired) electrons. The van der Waals surface area contributed by atoms with Gasteiger partial charge < -0.3 is 37.6 Å². The highest BCUT2D eigenvalue weighted by atomic mass is 16.4. The highest BCUT2D eigenvalue weighted by Crippen LogP contribution is 2.07. The second-order valence-corrected chi connectivity index (χ2v) is 7.54. The molecule has 0 aromatic heterocycles. The summed E-state index contributed by atoms with van der Waals surface area (Å²) in [7, 11) is 0. The zero-order valence-corrected chi connectivity index (χ0v) is 17.7. The smallest absolute Gasteiger partial charge is 0.326 e. The van der Waals surface area contributed by atoms with Gasteiger partial charge in [0.05, 0.1) is 12.5 Å². The van der Waals surface area contributed by atoms with E-state index in [1.54, 1.807) is 13.8 Å². The first-order valence-corrected chi connectivity index (χ1v) is 9.64. The molecule has 13 nitrogen and oxygen atoms in total. The van der Waals surface area contributed by atoms with Gasteiger partial charge in [0.15, 0.2) is 0 Å². The Morgan fingerprint density at radius 1 is 0.806 bits per heavy atom. The zero-order chi connectivity index (χ0) is 24.3. The summed E-state index contributed by atoms with van der Waals surface area (Å²) in [6.07, 6.45) is -1.30. The number of amides is 4. The first-order chi connectivity index (χ1) is 14.2. The van der Waals surface area contributed by atoms with E-state index >= 15 is 0 Å². The lowest BCUT2D eigenvalue weighted by Gasteiger charge is -2.25. The van der Waals surface area contributed by atoms with Crippen LogP contribution in [-0.2, 0) is 28.8 Å². The average molecular weight is 445 g/mol. The van der Waals surface area contributed by atoms with Crippen molar-refractivity contribution in [3.05, 3.63) is 0 Å². The van der Waals surface area contributed by atoms with E-state index < -0.39 is 66.2 Å². The van der Waals surface area contributed by atoms with Gasteiger partial charge in [-0.2, -0.15) is 0 Å². The summed E-state index contributed by atoms with van der Waals surface area (Å²) in [6.45, 7) is 4.99. The van der Waals surface area contributed by atoms with E-state index in [4.69, 9.17) is 16.6 Å². The Morgan fingerprint density at radius 2 is 1.29 bits per heavy atom. The number of carboxylic acids is 2. The Hall–Kier alpha value is -3.22. The SMILES string of the molecule is CC(C)CC(NC(=O)C(C)N)C(=O)NC(CC(=O)O)C(=O)NC(CCC(N)=O)C(=O)O. The fraction of sp³-hybridized carbons (Fsp3) is 0.667. The normalized spacial score (nSPS) is 14.6. The fourth-order valence-corrected chi connectivity index (χ4v) is 2.48. The van der Waals surface area contributed by atoms with E-state index in [9.17, 15) is 33.9 Å². The molecule has 31 heavy (non-hydrogen) atoms. The van der Waals surface area contributed by atoms with Crippen LogP contribution >= 0.6 is 0 Å². The molecular formula is C18H31N5O8.